The average molecular weight is 253 g/mol. The van der Waals surface area contributed by atoms with Crippen LogP contribution in [0.2, 0.25) is 0 Å². The molecule has 1 aromatic carbocycles. The van der Waals surface area contributed by atoms with Crippen molar-refractivity contribution in [2.75, 3.05) is 34.4 Å². The Kier molecular flexibility index (Phi) is 5.95. The molecule has 0 saturated carbocycles. The summed E-state index contributed by atoms with van der Waals surface area (Å²) in [5, 5.41) is 10.2. The monoisotopic (exact) mass is 253 g/mol. The van der Waals surface area contributed by atoms with Gasteiger partial charge in [-0.05, 0) is 37.7 Å². The van der Waals surface area contributed by atoms with Crippen molar-refractivity contribution in [2.45, 2.75) is 19.4 Å². The molecule has 0 radical (unpaired) electrons. The Morgan fingerprint density at radius 1 is 1.22 bits per heavy atom. The molecule has 0 fully saturated rings. The van der Waals surface area contributed by atoms with Gasteiger partial charge in [-0.3, -0.25) is 0 Å². The van der Waals surface area contributed by atoms with E-state index in [1.165, 1.54) is 0 Å². The highest BCUT2D eigenvalue weighted by molar-refractivity contribution is 5.43. The second-order valence-corrected chi connectivity index (χ2v) is 4.39. The zero-order valence-electron chi connectivity index (χ0n) is 11.6. The van der Waals surface area contributed by atoms with Gasteiger partial charge < -0.3 is 19.5 Å². The molecule has 0 bridgehead atoms. The van der Waals surface area contributed by atoms with E-state index in [2.05, 4.69) is 11.8 Å². The predicted molar refractivity (Wildman–Crippen MR) is 72.3 cm³/mol. The largest absolute Gasteiger partial charge is 0.493 e. The number of aliphatic hydroxyl groups excluding tert-OH is 1. The Morgan fingerprint density at radius 3 is 2.44 bits per heavy atom. The highest BCUT2D eigenvalue weighted by Gasteiger charge is 2.13. The van der Waals surface area contributed by atoms with Gasteiger partial charge in [-0.1, -0.05) is 13.0 Å². The van der Waals surface area contributed by atoms with Crippen LogP contribution in [-0.2, 0) is 0 Å². The number of hydrogen-bond acceptors (Lipinski definition) is 4. The van der Waals surface area contributed by atoms with Crippen molar-refractivity contribution in [2.24, 2.45) is 0 Å². The zero-order valence-corrected chi connectivity index (χ0v) is 11.6. The summed E-state index contributed by atoms with van der Waals surface area (Å²) >= 11 is 0. The Balaban J connectivity index is 2.76. The van der Waals surface area contributed by atoms with E-state index in [-0.39, 0.29) is 0 Å². The fourth-order valence-electron chi connectivity index (χ4n) is 1.93. The number of hydrogen-bond donors (Lipinski definition) is 1. The van der Waals surface area contributed by atoms with Gasteiger partial charge in [0.25, 0.3) is 0 Å². The van der Waals surface area contributed by atoms with E-state index in [1.807, 2.05) is 25.2 Å². The van der Waals surface area contributed by atoms with Crippen LogP contribution < -0.4 is 9.47 Å². The molecule has 0 aliphatic carbocycles. The van der Waals surface area contributed by atoms with Gasteiger partial charge >= 0.3 is 0 Å². The van der Waals surface area contributed by atoms with Crippen LogP contribution in [0.15, 0.2) is 18.2 Å². The molecule has 1 atom stereocenters. The van der Waals surface area contributed by atoms with Gasteiger partial charge in [0, 0.05) is 6.54 Å². The van der Waals surface area contributed by atoms with E-state index in [0.717, 1.165) is 18.5 Å². The Bertz CT molecular complexity index is 368. The predicted octanol–water partition coefficient (Wildman–Crippen LogP) is 2.08. The summed E-state index contributed by atoms with van der Waals surface area (Å²) in [6.45, 7) is 3.72. The highest BCUT2D eigenvalue weighted by atomic mass is 16.5. The molecule has 1 unspecified atom stereocenters. The summed E-state index contributed by atoms with van der Waals surface area (Å²) in [5.41, 5.74) is 0.843. The average Bonchev–Trinajstić information content (AvgIpc) is 2.38. The molecule has 0 saturated heterocycles. The summed E-state index contributed by atoms with van der Waals surface area (Å²) in [4.78, 5) is 2.11. The first-order chi connectivity index (χ1) is 8.62. The summed E-state index contributed by atoms with van der Waals surface area (Å²) < 4.78 is 10.4. The molecule has 4 heteroatoms. The smallest absolute Gasteiger partial charge is 0.161 e. The summed E-state index contributed by atoms with van der Waals surface area (Å²) in [5.74, 6) is 1.32. The maximum atomic E-state index is 10.2. The number of benzene rings is 1. The molecule has 0 aliphatic rings. The molecule has 0 heterocycles. The number of rotatable bonds is 7. The molecular weight excluding hydrogens is 230 g/mol. The number of methoxy groups -OCH3 is 2. The normalized spacial score (nSPS) is 12.6. The third-order valence-electron chi connectivity index (χ3n) is 2.88. The van der Waals surface area contributed by atoms with Gasteiger partial charge in [0.15, 0.2) is 11.5 Å². The molecule has 1 aromatic rings. The first kappa shape index (κ1) is 14.8. The van der Waals surface area contributed by atoms with Crippen molar-refractivity contribution in [3.05, 3.63) is 23.8 Å². The Hall–Kier alpha value is -1.26. The lowest BCUT2D eigenvalue weighted by Crippen LogP contribution is -2.25. The van der Waals surface area contributed by atoms with Crippen LogP contribution >= 0.6 is 0 Å². The topological polar surface area (TPSA) is 41.9 Å². The highest BCUT2D eigenvalue weighted by Crippen LogP contribution is 2.30. The first-order valence-corrected chi connectivity index (χ1v) is 6.20. The van der Waals surface area contributed by atoms with Crippen LogP contribution in [0.1, 0.15) is 25.0 Å². The van der Waals surface area contributed by atoms with Crippen LogP contribution in [-0.4, -0.2) is 44.4 Å². The van der Waals surface area contributed by atoms with E-state index >= 15 is 0 Å². The van der Waals surface area contributed by atoms with E-state index in [9.17, 15) is 5.11 Å². The minimum absolute atomic E-state index is 0.513. The molecule has 0 amide bonds. The van der Waals surface area contributed by atoms with Gasteiger partial charge in [0.2, 0.25) is 0 Å². The first-order valence-electron chi connectivity index (χ1n) is 6.20. The molecule has 102 valence electrons. The number of aliphatic hydroxyl groups is 1. The second kappa shape index (κ2) is 7.24. The van der Waals surface area contributed by atoms with E-state index < -0.39 is 6.10 Å². The Labute approximate surface area is 109 Å². The maximum Gasteiger partial charge on any atom is 0.161 e. The lowest BCUT2D eigenvalue weighted by Gasteiger charge is -2.20. The molecular formula is C14H23NO3. The van der Waals surface area contributed by atoms with E-state index in [0.29, 0.717) is 18.0 Å². The Morgan fingerprint density at radius 2 is 1.89 bits per heavy atom. The van der Waals surface area contributed by atoms with Crippen LogP contribution in [0, 0.1) is 0 Å². The van der Waals surface area contributed by atoms with Crippen molar-refractivity contribution in [3.63, 3.8) is 0 Å². The molecule has 0 spiro atoms. The number of likely N-dealkylation sites (N-methyl/N-ethyl adjacent to an activating group) is 1. The zero-order chi connectivity index (χ0) is 13.5. The molecule has 1 N–H and O–H groups in total. The van der Waals surface area contributed by atoms with Crippen LogP contribution in [0.3, 0.4) is 0 Å². The van der Waals surface area contributed by atoms with Gasteiger partial charge in [-0.2, -0.15) is 0 Å². The third-order valence-corrected chi connectivity index (χ3v) is 2.88. The van der Waals surface area contributed by atoms with Crippen LogP contribution in [0.4, 0.5) is 0 Å². The summed E-state index contributed by atoms with van der Waals surface area (Å²) in [6.07, 6.45) is 0.566. The van der Waals surface area contributed by atoms with Crippen molar-refractivity contribution in [3.8, 4) is 11.5 Å². The van der Waals surface area contributed by atoms with Gasteiger partial charge in [0.05, 0.1) is 20.3 Å². The fourth-order valence-corrected chi connectivity index (χ4v) is 1.93. The number of nitrogens with zero attached hydrogens (tertiary/aromatic N) is 1. The van der Waals surface area contributed by atoms with Crippen molar-refractivity contribution in [1.82, 2.24) is 4.90 Å². The summed E-state index contributed by atoms with van der Waals surface area (Å²) in [7, 11) is 5.20. The van der Waals surface area contributed by atoms with Crippen LogP contribution in [0.25, 0.3) is 0 Å². The summed E-state index contributed by atoms with van der Waals surface area (Å²) in [6, 6.07) is 5.51. The lowest BCUT2D eigenvalue weighted by molar-refractivity contribution is 0.126. The molecule has 0 aromatic heterocycles. The molecule has 4 nitrogen and oxygen atoms in total. The maximum absolute atomic E-state index is 10.2. The van der Waals surface area contributed by atoms with E-state index in [1.54, 1.807) is 14.2 Å². The third kappa shape index (κ3) is 3.89. The molecule has 1 rings (SSSR count). The van der Waals surface area contributed by atoms with Crippen molar-refractivity contribution >= 4 is 0 Å². The van der Waals surface area contributed by atoms with Crippen molar-refractivity contribution in [1.29, 1.82) is 0 Å². The minimum atomic E-state index is -0.513. The lowest BCUT2D eigenvalue weighted by atomic mass is 10.1. The standard InChI is InChI=1S/C14H23NO3/c1-5-8-15(2)10-12(16)11-6-7-13(17-3)14(9-11)18-4/h6-7,9,12,16H,5,8,10H2,1-4H3. The second-order valence-electron chi connectivity index (χ2n) is 4.39. The van der Waals surface area contributed by atoms with Gasteiger partial charge in [0.1, 0.15) is 0 Å². The van der Waals surface area contributed by atoms with Crippen LogP contribution in [0.5, 0.6) is 11.5 Å². The van der Waals surface area contributed by atoms with Gasteiger partial charge in [-0.15, -0.1) is 0 Å². The SMILES string of the molecule is CCCN(C)CC(O)c1ccc(OC)c(OC)c1. The van der Waals surface area contributed by atoms with Crippen molar-refractivity contribution < 1.29 is 14.6 Å². The van der Waals surface area contributed by atoms with Gasteiger partial charge in [-0.25, -0.2) is 0 Å². The fraction of sp³-hybridized carbons (Fsp3) is 0.571. The minimum Gasteiger partial charge on any atom is -0.493 e. The molecule has 18 heavy (non-hydrogen) atoms. The van der Waals surface area contributed by atoms with E-state index in [4.69, 9.17) is 9.47 Å². The molecule has 0 aliphatic heterocycles. The quantitative estimate of drug-likeness (QED) is 0.808. The number of ether oxygens (including phenoxy) is 2.